The highest BCUT2D eigenvalue weighted by molar-refractivity contribution is 8.69. The maximum Gasteiger partial charge on any atom is 0.236 e. The molecule has 2 nitrogen and oxygen atoms in total. The number of rotatable bonds is 3. The SMILES string of the molecule is CC(SS)C(=O)N1CCC[C@@H](C(C)C)C1. The van der Waals surface area contributed by atoms with Gasteiger partial charge in [-0.2, -0.15) is 0 Å². The molecule has 1 saturated heterocycles. The van der Waals surface area contributed by atoms with E-state index < -0.39 is 0 Å². The van der Waals surface area contributed by atoms with E-state index in [9.17, 15) is 4.79 Å². The Bertz CT molecular complexity index is 221. The van der Waals surface area contributed by atoms with E-state index in [1.54, 1.807) is 0 Å². The number of likely N-dealkylation sites (tertiary alicyclic amines) is 1. The number of nitrogens with zero attached hydrogens (tertiary/aromatic N) is 1. The van der Waals surface area contributed by atoms with Crippen molar-refractivity contribution in [2.45, 2.75) is 38.9 Å². The minimum Gasteiger partial charge on any atom is -0.341 e. The summed E-state index contributed by atoms with van der Waals surface area (Å²) in [6, 6.07) is 0. The van der Waals surface area contributed by atoms with Gasteiger partial charge in [0, 0.05) is 13.1 Å². The first-order valence-corrected chi connectivity index (χ1v) is 7.58. The summed E-state index contributed by atoms with van der Waals surface area (Å²) in [6.07, 6.45) is 2.42. The summed E-state index contributed by atoms with van der Waals surface area (Å²) < 4.78 is 0. The number of carbonyl (C=O) groups is 1. The number of hydrogen-bond acceptors (Lipinski definition) is 3. The summed E-state index contributed by atoms with van der Waals surface area (Å²) >= 11 is 4.11. The first-order chi connectivity index (χ1) is 7.06. The van der Waals surface area contributed by atoms with Crippen LogP contribution in [-0.4, -0.2) is 29.1 Å². The van der Waals surface area contributed by atoms with E-state index in [-0.39, 0.29) is 11.2 Å². The standard InChI is InChI=1S/C11H21NOS2/c1-8(2)10-5-4-6-12(7-10)11(13)9(3)15-14/h8-10,14H,4-7H2,1-3H3/t9?,10-/m1/s1. The number of carbonyl (C=O) groups excluding carboxylic acids is 1. The van der Waals surface area contributed by atoms with Crippen molar-refractivity contribution >= 4 is 28.4 Å². The van der Waals surface area contributed by atoms with Crippen molar-refractivity contribution in [3.05, 3.63) is 0 Å². The summed E-state index contributed by atoms with van der Waals surface area (Å²) in [5, 5.41) is -0.0146. The average molecular weight is 247 g/mol. The molecule has 0 N–H and O–H groups in total. The third-order valence-corrected chi connectivity index (χ3v) is 4.68. The Labute approximate surface area is 102 Å². The number of thiol groups is 1. The van der Waals surface area contributed by atoms with Crippen LogP contribution in [0.5, 0.6) is 0 Å². The van der Waals surface area contributed by atoms with Crippen molar-refractivity contribution in [1.82, 2.24) is 4.90 Å². The fourth-order valence-electron chi connectivity index (χ4n) is 2.06. The van der Waals surface area contributed by atoms with E-state index in [2.05, 4.69) is 25.5 Å². The lowest BCUT2D eigenvalue weighted by Crippen LogP contribution is -2.44. The van der Waals surface area contributed by atoms with Crippen LogP contribution in [0.2, 0.25) is 0 Å². The molecule has 88 valence electrons. The predicted octanol–water partition coefficient (Wildman–Crippen LogP) is 2.85. The van der Waals surface area contributed by atoms with E-state index in [4.69, 9.17) is 0 Å². The fraction of sp³-hybridized carbons (Fsp3) is 0.909. The lowest BCUT2D eigenvalue weighted by molar-refractivity contribution is -0.132. The molecule has 2 atom stereocenters. The topological polar surface area (TPSA) is 20.3 Å². The van der Waals surface area contributed by atoms with Crippen LogP contribution in [0, 0.1) is 11.8 Å². The van der Waals surface area contributed by atoms with E-state index in [1.165, 1.54) is 17.2 Å². The summed E-state index contributed by atoms with van der Waals surface area (Å²) in [7, 11) is 1.34. The highest BCUT2D eigenvalue weighted by Crippen LogP contribution is 2.25. The average Bonchev–Trinajstić information content (AvgIpc) is 2.27. The van der Waals surface area contributed by atoms with Crippen LogP contribution in [0.25, 0.3) is 0 Å². The zero-order chi connectivity index (χ0) is 11.4. The van der Waals surface area contributed by atoms with Gasteiger partial charge in [-0.25, -0.2) is 0 Å². The highest BCUT2D eigenvalue weighted by atomic mass is 33.1. The normalized spacial score (nSPS) is 24.3. The van der Waals surface area contributed by atoms with Gasteiger partial charge >= 0.3 is 0 Å². The summed E-state index contributed by atoms with van der Waals surface area (Å²) in [5.74, 6) is 1.61. The molecule has 1 amide bonds. The molecule has 0 saturated carbocycles. The van der Waals surface area contributed by atoms with Gasteiger partial charge < -0.3 is 4.90 Å². The number of piperidine rings is 1. The monoisotopic (exact) mass is 247 g/mol. The smallest absolute Gasteiger partial charge is 0.236 e. The number of amides is 1. The van der Waals surface area contributed by atoms with E-state index in [0.717, 1.165) is 19.5 Å². The van der Waals surface area contributed by atoms with Crippen molar-refractivity contribution in [3.63, 3.8) is 0 Å². The molecule has 1 rings (SSSR count). The Balaban J connectivity index is 2.52. The van der Waals surface area contributed by atoms with Crippen LogP contribution in [0.4, 0.5) is 0 Å². The summed E-state index contributed by atoms with van der Waals surface area (Å²) in [4.78, 5) is 14.0. The van der Waals surface area contributed by atoms with Gasteiger partial charge in [0.1, 0.15) is 0 Å². The second-order valence-corrected chi connectivity index (χ2v) is 6.23. The Kier molecular flexibility index (Phi) is 5.33. The van der Waals surface area contributed by atoms with E-state index in [1.807, 2.05) is 11.8 Å². The van der Waals surface area contributed by atoms with Gasteiger partial charge in [-0.05, 0) is 31.6 Å². The Morgan fingerprint density at radius 2 is 2.13 bits per heavy atom. The van der Waals surface area contributed by atoms with Gasteiger partial charge in [-0.3, -0.25) is 4.79 Å². The van der Waals surface area contributed by atoms with E-state index in [0.29, 0.717) is 11.8 Å². The quantitative estimate of drug-likeness (QED) is 0.611. The maximum absolute atomic E-state index is 12.0. The summed E-state index contributed by atoms with van der Waals surface area (Å²) in [6.45, 7) is 8.29. The minimum absolute atomic E-state index is 0.0146. The van der Waals surface area contributed by atoms with Crippen molar-refractivity contribution in [2.75, 3.05) is 13.1 Å². The molecule has 0 aromatic carbocycles. The molecule has 1 aliphatic rings. The lowest BCUT2D eigenvalue weighted by atomic mass is 9.88. The Hall–Kier alpha value is 0.170. The minimum atomic E-state index is -0.0146. The lowest BCUT2D eigenvalue weighted by Gasteiger charge is -2.35. The summed E-state index contributed by atoms with van der Waals surface area (Å²) in [5.41, 5.74) is 0. The molecule has 0 aromatic rings. The van der Waals surface area contributed by atoms with Crippen molar-refractivity contribution in [1.29, 1.82) is 0 Å². The van der Waals surface area contributed by atoms with Crippen LogP contribution in [0.3, 0.4) is 0 Å². The largest absolute Gasteiger partial charge is 0.341 e. The molecular formula is C11H21NOS2. The first kappa shape index (κ1) is 13.2. The molecule has 4 heteroatoms. The van der Waals surface area contributed by atoms with E-state index >= 15 is 0 Å². The van der Waals surface area contributed by atoms with Crippen LogP contribution < -0.4 is 0 Å². The van der Waals surface area contributed by atoms with Gasteiger partial charge in [0.15, 0.2) is 0 Å². The predicted molar refractivity (Wildman–Crippen MR) is 70.2 cm³/mol. The maximum atomic E-state index is 12.0. The van der Waals surface area contributed by atoms with Gasteiger partial charge in [0.2, 0.25) is 5.91 Å². The first-order valence-electron chi connectivity index (χ1n) is 5.65. The molecule has 0 radical (unpaired) electrons. The number of hydrogen-bond donors (Lipinski definition) is 1. The zero-order valence-electron chi connectivity index (χ0n) is 9.77. The molecule has 1 unspecified atom stereocenters. The molecular weight excluding hydrogens is 226 g/mol. The fourth-order valence-corrected chi connectivity index (χ4v) is 2.57. The molecule has 0 bridgehead atoms. The van der Waals surface area contributed by atoms with Gasteiger partial charge in [0.25, 0.3) is 0 Å². The highest BCUT2D eigenvalue weighted by Gasteiger charge is 2.27. The van der Waals surface area contributed by atoms with Gasteiger partial charge in [-0.1, -0.05) is 24.6 Å². The Morgan fingerprint density at radius 1 is 1.47 bits per heavy atom. The van der Waals surface area contributed by atoms with Gasteiger partial charge in [-0.15, -0.1) is 11.7 Å². The van der Waals surface area contributed by atoms with Crippen LogP contribution in [-0.2, 0) is 4.79 Å². The molecule has 1 fully saturated rings. The second kappa shape index (κ2) is 6.04. The van der Waals surface area contributed by atoms with Crippen LogP contribution in [0.15, 0.2) is 0 Å². The van der Waals surface area contributed by atoms with Crippen LogP contribution in [0.1, 0.15) is 33.6 Å². The van der Waals surface area contributed by atoms with Gasteiger partial charge in [0.05, 0.1) is 5.25 Å². The second-order valence-electron chi connectivity index (χ2n) is 4.68. The van der Waals surface area contributed by atoms with Crippen molar-refractivity contribution in [3.8, 4) is 0 Å². The van der Waals surface area contributed by atoms with Crippen LogP contribution >= 0.6 is 22.5 Å². The zero-order valence-corrected chi connectivity index (χ0v) is 11.5. The molecule has 0 spiro atoms. The third kappa shape index (κ3) is 3.59. The van der Waals surface area contributed by atoms with Crippen molar-refractivity contribution < 1.29 is 4.79 Å². The third-order valence-electron chi connectivity index (χ3n) is 3.22. The molecule has 1 aliphatic heterocycles. The van der Waals surface area contributed by atoms with Crippen molar-refractivity contribution in [2.24, 2.45) is 11.8 Å². The molecule has 1 heterocycles. The molecule has 0 aliphatic carbocycles. The molecule has 15 heavy (non-hydrogen) atoms. The Morgan fingerprint density at radius 3 is 2.67 bits per heavy atom. The molecule has 0 aromatic heterocycles.